The van der Waals surface area contributed by atoms with Gasteiger partial charge in [-0.1, -0.05) is 84.2 Å². The van der Waals surface area contributed by atoms with Gasteiger partial charge in [-0.3, -0.25) is 9.59 Å². The Bertz CT molecular complexity index is 1890. The van der Waals surface area contributed by atoms with Crippen LogP contribution in [0.5, 0.6) is 5.75 Å². The van der Waals surface area contributed by atoms with E-state index in [1.165, 1.54) is 34.9 Å². The summed E-state index contributed by atoms with van der Waals surface area (Å²) in [5.41, 5.74) is 4.49. The summed E-state index contributed by atoms with van der Waals surface area (Å²) < 4.78 is 9.20. The SMILES string of the molecule is CCOc1ccc2nc(S[C@@H](C)C(=O)Nc3ccc4nc(SCC(=O)NC(c5ccccc5)c5ccccc5)sc4c3)sc2c1. The van der Waals surface area contributed by atoms with Crippen LogP contribution < -0.4 is 15.4 Å². The molecule has 7 nitrogen and oxygen atoms in total. The smallest absolute Gasteiger partial charge is 0.237 e. The van der Waals surface area contributed by atoms with Gasteiger partial charge in [0, 0.05) is 5.69 Å². The van der Waals surface area contributed by atoms with E-state index in [-0.39, 0.29) is 28.9 Å². The van der Waals surface area contributed by atoms with E-state index in [0.717, 1.165) is 46.0 Å². The summed E-state index contributed by atoms with van der Waals surface area (Å²) in [4.78, 5) is 35.5. The van der Waals surface area contributed by atoms with Crippen molar-refractivity contribution >= 4 is 84.1 Å². The second-order valence-corrected chi connectivity index (χ2v) is 14.9. The van der Waals surface area contributed by atoms with Crippen molar-refractivity contribution in [3.8, 4) is 5.75 Å². The van der Waals surface area contributed by atoms with Crippen molar-refractivity contribution in [2.75, 3.05) is 17.7 Å². The van der Waals surface area contributed by atoms with E-state index in [9.17, 15) is 9.59 Å². The summed E-state index contributed by atoms with van der Waals surface area (Å²) in [6, 6.07) is 31.2. The van der Waals surface area contributed by atoms with Crippen LogP contribution >= 0.6 is 46.2 Å². The van der Waals surface area contributed by atoms with Gasteiger partial charge in [0.1, 0.15) is 5.75 Å². The summed E-state index contributed by atoms with van der Waals surface area (Å²) in [5, 5.41) is 5.88. The van der Waals surface area contributed by atoms with Crippen molar-refractivity contribution in [2.45, 2.75) is 33.8 Å². The molecule has 6 rings (SSSR count). The minimum Gasteiger partial charge on any atom is -0.494 e. The van der Waals surface area contributed by atoms with Crippen LogP contribution in [0.25, 0.3) is 20.4 Å². The average molecular weight is 671 g/mol. The maximum absolute atomic E-state index is 13.0. The second-order valence-electron chi connectivity index (χ2n) is 10.1. The highest BCUT2D eigenvalue weighted by molar-refractivity contribution is 8.02. The molecule has 2 aromatic heterocycles. The zero-order valence-corrected chi connectivity index (χ0v) is 27.8. The number of thioether (sulfide) groups is 2. The number of nitrogens with zero attached hydrogens (tertiary/aromatic N) is 2. The number of thiazole rings is 2. The van der Waals surface area contributed by atoms with E-state index in [1.54, 1.807) is 11.3 Å². The van der Waals surface area contributed by atoms with Gasteiger partial charge in [-0.2, -0.15) is 0 Å². The first-order valence-corrected chi connectivity index (χ1v) is 17.9. The lowest BCUT2D eigenvalue weighted by molar-refractivity contribution is -0.119. The third-order valence-electron chi connectivity index (χ3n) is 6.83. The highest BCUT2D eigenvalue weighted by Crippen LogP contribution is 2.35. The van der Waals surface area contributed by atoms with E-state index in [4.69, 9.17) is 9.72 Å². The minimum absolute atomic E-state index is 0.0701. The number of nitrogens with one attached hydrogen (secondary N) is 2. The van der Waals surface area contributed by atoms with Crippen LogP contribution in [0.4, 0.5) is 5.69 Å². The lowest BCUT2D eigenvalue weighted by atomic mass is 9.99. The number of hydrogen-bond donors (Lipinski definition) is 2. The van der Waals surface area contributed by atoms with Crippen molar-refractivity contribution in [3.63, 3.8) is 0 Å². The normalized spacial score (nSPS) is 12.0. The van der Waals surface area contributed by atoms with Crippen LogP contribution in [0.15, 0.2) is 106 Å². The molecule has 2 amide bonds. The Labute approximate surface area is 277 Å². The maximum Gasteiger partial charge on any atom is 0.237 e. The summed E-state index contributed by atoms with van der Waals surface area (Å²) in [7, 11) is 0. The number of amides is 2. The molecule has 2 N–H and O–H groups in total. The van der Waals surface area contributed by atoms with Gasteiger partial charge in [0.25, 0.3) is 0 Å². The molecule has 45 heavy (non-hydrogen) atoms. The lowest BCUT2D eigenvalue weighted by Gasteiger charge is -2.19. The molecule has 6 aromatic rings. The predicted molar refractivity (Wildman–Crippen MR) is 188 cm³/mol. The molecule has 0 saturated heterocycles. The Hall–Kier alpha value is -3.90. The molecule has 0 unspecified atom stereocenters. The number of fused-ring (bicyclic) bond motifs is 2. The third-order valence-corrected chi connectivity index (χ3v) is 11.2. The molecule has 1 atom stereocenters. The molecule has 0 aliphatic rings. The van der Waals surface area contributed by atoms with Crippen LogP contribution in [0.3, 0.4) is 0 Å². The molecule has 0 aliphatic carbocycles. The first-order valence-electron chi connectivity index (χ1n) is 14.4. The average Bonchev–Trinajstić information content (AvgIpc) is 3.66. The van der Waals surface area contributed by atoms with Crippen molar-refractivity contribution < 1.29 is 14.3 Å². The lowest BCUT2D eigenvalue weighted by Crippen LogP contribution is -2.30. The molecular weight excluding hydrogens is 641 g/mol. The summed E-state index contributed by atoms with van der Waals surface area (Å²) in [5.74, 6) is 0.890. The Morgan fingerprint density at radius 2 is 1.44 bits per heavy atom. The number of hydrogen-bond acceptors (Lipinski definition) is 9. The Kier molecular flexibility index (Phi) is 10.00. The van der Waals surface area contributed by atoms with E-state index in [1.807, 2.05) is 111 Å². The van der Waals surface area contributed by atoms with Gasteiger partial charge in [0.15, 0.2) is 8.68 Å². The Morgan fingerprint density at radius 1 is 0.822 bits per heavy atom. The molecule has 0 aliphatic heterocycles. The molecule has 2 heterocycles. The Morgan fingerprint density at radius 3 is 2.13 bits per heavy atom. The first kappa shape index (κ1) is 31.1. The first-order chi connectivity index (χ1) is 21.9. The fourth-order valence-corrected chi connectivity index (χ4v) is 8.82. The predicted octanol–water partition coefficient (Wildman–Crippen LogP) is 8.42. The second kappa shape index (κ2) is 14.5. The molecule has 228 valence electrons. The van der Waals surface area contributed by atoms with Crippen LogP contribution in [0, 0.1) is 0 Å². The maximum atomic E-state index is 13.0. The molecule has 0 spiro atoms. The quantitative estimate of drug-likeness (QED) is 0.126. The molecule has 0 bridgehead atoms. The van der Waals surface area contributed by atoms with Gasteiger partial charge in [-0.25, -0.2) is 9.97 Å². The molecule has 0 saturated carbocycles. The molecule has 0 fully saturated rings. The number of ether oxygens (including phenoxy) is 1. The molecule has 11 heteroatoms. The number of aromatic nitrogens is 2. The van der Waals surface area contributed by atoms with Gasteiger partial charge in [0.05, 0.1) is 44.1 Å². The fourth-order valence-electron chi connectivity index (χ4n) is 4.66. The Balaban J connectivity index is 1.05. The molecule has 0 radical (unpaired) electrons. The van der Waals surface area contributed by atoms with Crippen molar-refractivity contribution in [3.05, 3.63) is 108 Å². The largest absolute Gasteiger partial charge is 0.494 e. The number of rotatable bonds is 12. The van der Waals surface area contributed by atoms with Crippen molar-refractivity contribution in [1.29, 1.82) is 0 Å². The van der Waals surface area contributed by atoms with Crippen molar-refractivity contribution in [2.24, 2.45) is 0 Å². The summed E-state index contributed by atoms with van der Waals surface area (Å²) in [6.07, 6.45) is 0. The molecule has 4 aromatic carbocycles. The van der Waals surface area contributed by atoms with Gasteiger partial charge >= 0.3 is 0 Å². The van der Waals surface area contributed by atoms with Gasteiger partial charge in [0.2, 0.25) is 11.8 Å². The van der Waals surface area contributed by atoms with Gasteiger partial charge < -0.3 is 15.4 Å². The topological polar surface area (TPSA) is 93.2 Å². The van der Waals surface area contributed by atoms with Gasteiger partial charge in [-0.05, 0) is 61.4 Å². The molecular formula is C34H30N4O3S4. The van der Waals surface area contributed by atoms with Crippen LogP contribution in [0.2, 0.25) is 0 Å². The number of carbonyl (C=O) groups is 2. The van der Waals surface area contributed by atoms with E-state index in [2.05, 4.69) is 15.6 Å². The van der Waals surface area contributed by atoms with Crippen molar-refractivity contribution in [1.82, 2.24) is 15.3 Å². The van der Waals surface area contributed by atoms with E-state index >= 15 is 0 Å². The third kappa shape index (κ3) is 7.85. The standard InChI is InChI=1S/C34H30N4O3S4/c1-3-41-25-15-17-27-29(19-25)45-34(37-27)43-21(2)32(40)35-24-14-16-26-28(18-24)44-33(36-26)42-20-30(39)38-31(22-10-6-4-7-11-22)23-12-8-5-9-13-23/h4-19,21,31H,3,20H2,1-2H3,(H,35,40)(H,38,39)/t21-/m0/s1. The van der Waals surface area contributed by atoms with E-state index < -0.39 is 0 Å². The van der Waals surface area contributed by atoms with Crippen LogP contribution in [0.1, 0.15) is 31.0 Å². The number of carbonyl (C=O) groups excluding carboxylic acids is 2. The monoisotopic (exact) mass is 670 g/mol. The van der Waals surface area contributed by atoms with Crippen LogP contribution in [-0.2, 0) is 9.59 Å². The zero-order valence-electron chi connectivity index (χ0n) is 24.6. The van der Waals surface area contributed by atoms with Crippen LogP contribution in [-0.4, -0.2) is 39.4 Å². The van der Waals surface area contributed by atoms with Gasteiger partial charge in [-0.15, -0.1) is 22.7 Å². The highest BCUT2D eigenvalue weighted by Gasteiger charge is 2.19. The fraction of sp³-hybridized carbons (Fsp3) is 0.176. The minimum atomic E-state index is -0.339. The number of anilines is 1. The summed E-state index contributed by atoms with van der Waals surface area (Å²) >= 11 is 5.91. The number of benzene rings is 4. The van der Waals surface area contributed by atoms with E-state index in [0.29, 0.717) is 12.3 Å². The summed E-state index contributed by atoms with van der Waals surface area (Å²) in [6.45, 7) is 4.44. The highest BCUT2D eigenvalue weighted by atomic mass is 32.2. The zero-order chi connectivity index (χ0) is 31.2.